The molecule has 0 unspecified atom stereocenters. The third kappa shape index (κ3) is 9.24. The Kier molecular flexibility index (Phi) is 7.64. The van der Waals surface area contributed by atoms with Crippen LogP contribution in [0.15, 0.2) is 12.2 Å². The van der Waals surface area contributed by atoms with Gasteiger partial charge in [-0.2, -0.15) is 5.90 Å². The average Bonchev–Trinajstić information content (AvgIpc) is 2.28. The van der Waals surface area contributed by atoms with E-state index in [1.54, 1.807) is 6.08 Å². The zero-order valence-corrected chi connectivity index (χ0v) is 14.1. The third-order valence-corrected chi connectivity index (χ3v) is 2.97. The van der Waals surface area contributed by atoms with Crippen LogP contribution < -0.4 is 5.90 Å². The van der Waals surface area contributed by atoms with Gasteiger partial charge in [0.15, 0.2) is 0 Å². The van der Waals surface area contributed by atoms with Crippen LogP contribution in [0.4, 0.5) is 0 Å². The second-order valence-corrected chi connectivity index (χ2v) is 7.22. The highest BCUT2D eigenvalue weighted by Crippen LogP contribution is 2.31. The summed E-state index contributed by atoms with van der Waals surface area (Å²) in [4.78, 5) is 27.5. The molecule has 0 heterocycles. The minimum atomic E-state index is -0.483. The number of nitrogens with two attached hydrogens (primary N) is 1. The highest BCUT2D eigenvalue weighted by Gasteiger charge is 2.31. The summed E-state index contributed by atoms with van der Waals surface area (Å²) in [6, 6.07) is 0. The Bertz CT molecular complexity index is 375. The fourth-order valence-electron chi connectivity index (χ4n) is 1.94. The Hall–Kier alpha value is -1.36. The lowest BCUT2D eigenvalue weighted by molar-refractivity contribution is -0.153. The van der Waals surface area contributed by atoms with E-state index < -0.39 is 11.6 Å². The van der Waals surface area contributed by atoms with Crippen LogP contribution in [0.25, 0.3) is 0 Å². The van der Waals surface area contributed by atoms with E-state index in [0.29, 0.717) is 12.8 Å². The van der Waals surface area contributed by atoms with Gasteiger partial charge in [-0.1, -0.05) is 26.8 Å². The number of ether oxygens (including phenoxy) is 1. The number of hydrogen-bond donors (Lipinski definition) is 1. The molecule has 0 saturated heterocycles. The molecule has 122 valence electrons. The van der Waals surface area contributed by atoms with E-state index in [-0.39, 0.29) is 17.3 Å². The van der Waals surface area contributed by atoms with Gasteiger partial charge in [-0.25, -0.2) is 4.79 Å². The fourth-order valence-corrected chi connectivity index (χ4v) is 1.94. The maximum atomic E-state index is 11.6. The largest absolute Gasteiger partial charge is 0.457 e. The topological polar surface area (TPSA) is 78.6 Å². The van der Waals surface area contributed by atoms with Crippen LogP contribution in [0, 0.1) is 11.3 Å². The molecule has 0 aliphatic heterocycles. The van der Waals surface area contributed by atoms with Crippen molar-refractivity contribution in [3.05, 3.63) is 12.2 Å². The Balaban J connectivity index is 4.23. The van der Waals surface area contributed by atoms with Crippen LogP contribution in [-0.2, 0) is 19.2 Å². The molecular weight excluding hydrogens is 270 g/mol. The van der Waals surface area contributed by atoms with Crippen LogP contribution in [0.2, 0.25) is 0 Å². The van der Waals surface area contributed by atoms with Crippen LogP contribution in [0.5, 0.6) is 0 Å². The molecule has 0 bridgehead atoms. The highest BCUT2D eigenvalue weighted by molar-refractivity contribution is 5.82. The molecule has 0 radical (unpaired) electrons. The van der Waals surface area contributed by atoms with Crippen molar-refractivity contribution in [1.82, 2.24) is 0 Å². The summed E-state index contributed by atoms with van der Waals surface area (Å²) in [7, 11) is 0. The van der Waals surface area contributed by atoms with Crippen LogP contribution >= 0.6 is 0 Å². The predicted molar refractivity (Wildman–Crippen MR) is 82.1 cm³/mol. The molecule has 21 heavy (non-hydrogen) atoms. The van der Waals surface area contributed by atoms with Gasteiger partial charge in [0.1, 0.15) is 5.60 Å². The maximum absolute atomic E-state index is 11.6. The SMILES string of the molecule is CC(C)(C)OC(=O)/C=C/CCC[C@H](C(=O)ON)C(C)(C)C. The van der Waals surface area contributed by atoms with Crippen molar-refractivity contribution in [2.24, 2.45) is 17.2 Å². The van der Waals surface area contributed by atoms with E-state index in [4.69, 9.17) is 10.6 Å². The number of esters is 1. The zero-order chi connectivity index (χ0) is 16.7. The van der Waals surface area contributed by atoms with Gasteiger partial charge in [0.2, 0.25) is 0 Å². The first-order chi connectivity index (χ1) is 9.47. The van der Waals surface area contributed by atoms with E-state index >= 15 is 0 Å². The monoisotopic (exact) mass is 299 g/mol. The summed E-state index contributed by atoms with van der Waals surface area (Å²) >= 11 is 0. The molecule has 1 atom stereocenters. The zero-order valence-electron chi connectivity index (χ0n) is 14.1. The maximum Gasteiger partial charge on any atom is 0.330 e. The molecule has 0 aromatic rings. The van der Waals surface area contributed by atoms with E-state index in [2.05, 4.69) is 4.84 Å². The van der Waals surface area contributed by atoms with Crippen LogP contribution in [0.3, 0.4) is 0 Å². The molecule has 2 N–H and O–H groups in total. The smallest absolute Gasteiger partial charge is 0.330 e. The average molecular weight is 299 g/mol. The molecule has 5 heteroatoms. The molecule has 0 aromatic carbocycles. The molecule has 0 amide bonds. The second-order valence-electron chi connectivity index (χ2n) is 7.22. The quantitative estimate of drug-likeness (QED) is 0.353. The number of unbranched alkanes of at least 4 members (excludes halogenated alkanes) is 1. The molecular formula is C16H29NO4. The summed E-state index contributed by atoms with van der Waals surface area (Å²) < 4.78 is 5.16. The van der Waals surface area contributed by atoms with Gasteiger partial charge in [-0.15, -0.1) is 0 Å². The Morgan fingerprint density at radius 2 is 1.71 bits per heavy atom. The highest BCUT2D eigenvalue weighted by atomic mass is 16.7. The van der Waals surface area contributed by atoms with Gasteiger partial charge in [-0.3, -0.25) is 4.79 Å². The number of allylic oxidation sites excluding steroid dienone is 1. The first kappa shape index (κ1) is 19.6. The lowest BCUT2D eigenvalue weighted by Crippen LogP contribution is -2.31. The van der Waals surface area contributed by atoms with Crippen molar-refractivity contribution in [1.29, 1.82) is 0 Å². The van der Waals surface area contributed by atoms with E-state index in [9.17, 15) is 9.59 Å². The normalized spacial score (nSPS) is 14.0. The summed E-state index contributed by atoms with van der Waals surface area (Å²) in [6.07, 6.45) is 5.33. The summed E-state index contributed by atoms with van der Waals surface area (Å²) in [6.45, 7) is 11.4. The number of carbonyl (C=O) groups excluding carboxylic acids is 2. The minimum Gasteiger partial charge on any atom is -0.457 e. The first-order valence-electron chi connectivity index (χ1n) is 7.27. The Labute approximate surface area is 127 Å². The molecule has 5 nitrogen and oxygen atoms in total. The van der Waals surface area contributed by atoms with Gasteiger partial charge >= 0.3 is 11.9 Å². The summed E-state index contributed by atoms with van der Waals surface area (Å²) in [5, 5.41) is 0. The predicted octanol–water partition coefficient (Wildman–Crippen LogP) is 3.13. The van der Waals surface area contributed by atoms with Crippen molar-refractivity contribution in [3.8, 4) is 0 Å². The third-order valence-electron chi connectivity index (χ3n) is 2.97. The molecule has 0 spiro atoms. The first-order valence-corrected chi connectivity index (χ1v) is 7.27. The van der Waals surface area contributed by atoms with Crippen molar-refractivity contribution in [2.45, 2.75) is 66.4 Å². The minimum absolute atomic E-state index is 0.203. The lowest BCUT2D eigenvalue weighted by atomic mass is 9.78. The molecule has 0 aliphatic rings. The Morgan fingerprint density at radius 3 is 2.14 bits per heavy atom. The van der Waals surface area contributed by atoms with Crippen LogP contribution in [-0.4, -0.2) is 17.5 Å². The molecule has 0 fully saturated rings. The fraction of sp³-hybridized carbons (Fsp3) is 0.750. The number of hydrogen-bond acceptors (Lipinski definition) is 5. The summed E-state index contributed by atoms with van der Waals surface area (Å²) in [5.41, 5.74) is -0.686. The van der Waals surface area contributed by atoms with Crippen molar-refractivity contribution < 1.29 is 19.2 Å². The van der Waals surface area contributed by atoms with Gasteiger partial charge < -0.3 is 9.57 Å². The Morgan fingerprint density at radius 1 is 1.14 bits per heavy atom. The number of carbonyl (C=O) groups is 2. The van der Waals surface area contributed by atoms with E-state index in [1.165, 1.54) is 6.08 Å². The molecule has 0 aliphatic carbocycles. The van der Waals surface area contributed by atoms with Gasteiger partial charge in [0.25, 0.3) is 0 Å². The molecule has 0 saturated carbocycles. The number of rotatable bonds is 6. The van der Waals surface area contributed by atoms with E-state index in [0.717, 1.165) is 6.42 Å². The van der Waals surface area contributed by atoms with Gasteiger partial charge in [0.05, 0.1) is 5.92 Å². The molecule has 0 rings (SSSR count). The second kappa shape index (κ2) is 8.17. The van der Waals surface area contributed by atoms with Crippen molar-refractivity contribution in [2.75, 3.05) is 0 Å². The van der Waals surface area contributed by atoms with Crippen molar-refractivity contribution in [3.63, 3.8) is 0 Å². The molecule has 0 aromatic heterocycles. The van der Waals surface area contributed by atoms with Crippen molar-refractivity contribution >= 4 is 11.9 Å². The van der Waals surface area contributed by atoms with Gasteiger partial charge in [-0.05, 0) is 45.4 Å². The summed E-state index contributed by atoms with van der Waals surface area (Å²) in [5.74, 6) is 3.98. The van der Waals surface area contributed by atoms with E-state index in [1.807, 2.05) is 41.5 Å². The van der Waals surface area contributed by atoms with Crippen LogP contribution in [0.1, 0.15) is 60.8 Å². The van der Waals surface area contributed by atoms with Gasteiger partial charge in [0, 0.05) is 6.08 Å². The lowest BCUT2D eigenvalue weighted by Gasteiger charge is -2.27. The standard InChI is InChI=1S/C16H29NO4/c1-15(2,3)12(14(19)21-17)10-8-7-9-11-13(18)20-16(4,5)6/h9,11-12H,7-8,10,17H2,1-6H3/b11-9+/t12-/m1/s1.